The number of hydrogen-bond acceptors (Lipinski definition) is 6. The van der Waals surface area contributed by atoms with Gasteiger partial charge in [-0.25, -0.2) is 21.1 Å². The fourth-order valence-corrected chi connectivity index (χ4v) is 7.16. The quantitative estimate of drug-likeness (QED) is 0.605. The van der Waals surface area contributed by atoms with E-state index >= 15 is 0 Å². The van der Waals surface area contributed by atoms with Crippen LogP contribution in [0.2, 0.25) is 0 Å². The lowest BCUT2D eigenvalue weighted by Gasteiger charge is -2.17. The van der Waals surface area contributed by atoms with Gasteiger partial charge in [0.2, 0.25) is 15.9 Å². The second-order valence-corrected chi connectivity index (χ2v) is 12.2. The fourth-order valence-electron chi connectivity index (χ4n) is 3.18. The zero-order valence-electron chi connectivity index (χ0n) is 16.7. The number of nitrogens with zero attached hydrogens (tertiary/aromatic N) is 2. The fraction of sp³-hybridized carbons (Fsp3) is 0.421. The zero-order valence-corrected chi connectivity index (χ0v) is 19.1. The number of sulfonamides is 2. The van der Waals surface area contributed by atoms with E-state index in [4.69, 9.17) is 0 Å². The highest BCUT2D eigenvalue weighted by molar-refractivity contribution is 7.91. The van der Waals surface area contributed by atoms with E-state index < -0.39 is 20.0 Å². The summed E-state index contributed by atoms with van der Waals surface area (Å²) in [5.41, 5.74) is 0.403. The summed E-state index contributed by atoms with van der Waals surface area (Å²) in [6.07, 6.45) is 2.17. The monoisotopic (exact) mass is 471 g/mol. The van der Waals surface area contributed by atoms with Gasteiger partial charge in [-0.1, -0.05) is 12.1 Å². The van der Waals surface area contributed by atoms with E-state index in [0.29, 0.717) is 25.2 Å². The summed E-state index contributed by atoms with van der Waals surface area (Å²) >= 11 is 1.15. The van der Waals surface area contributed by atoms with Gasteiger partial charge in [-0.2, -0.15) is 4.31 Å². The third-order valence-electron chi connectivity index (χ3n) is 4.86. The molecule has 0 radical (unpaired) electrons. The summed E-state index contributed by atoms with van der Waals surface area (Å²) in [7, 11) is -5.60. The Morgan fingerprint density at radius 1 is 1.13 bits per heavy atom. The van der Waals surface area contributed by atoms with Crippen LogP contribution in [0.5, 0.6) is 0 Å². The summed E-state index contributed by atoms with van der Waals surface area (Å²) in [5.74, 6) is -0.298. The van der Waals surface area contributed by atoms with Crippen LogP contribution in [0.1, 0.15) is 25.7 Å². The van der Waals surface area contributed by atoms with Gasteiger partial charge in [-0.15, -0.1) is 11.3 Å². The molecule has 0 unspecified atom stereocenters. The van der Waals surface area contributed by atoms with Crippen molar-refractivity contribution in [2.75, 3.05) is 32.0 Å². The third kappa shape index (κ3) is 5.27. The van der Waals surface area contributed by atoms with Gasteiger partial charge in [0.1, 0.15) is 4.21 Å². The predicted molar refractivity (Wildman–Crippen MR) is 116 cm³/mol. The van der Waals surface area contributed by atoms with Crippen LogP contribution in [0, 0.1) is 0 Å². The minimum atomic E-state index is -3.55. The Labute approximate surface area is 181 Å². The van der Waals surface area contributed by atoms with Gasteiger partial charge in [0.05, 0.1) is 4.90 Å². The van der Waals surface area contributed by atoms with E-state index in [9.17, 15) is 21.6 Å². The maximum Gasteiger partial charge on any atom is 0.252 e. The van der Waals surface area contributed by atoms with Gasteiger partial charge in [0.15, 0.2) is 0 Å². The molecule has 1 saturated heterocycles. The molecule has 2 aromatic rings. The number of thiophene rings is 1. The van der Waals surface area contributed by atoms with E-state index in [-0.39, 0.29) is 28.0 Å². The van der Waals surface area contributed by atoms with E-state index in [1.165, 1.54) is 27.8 Å². The molecule has 1 fully saturated rings. The molecular formula is C19H25N3O5S3. The lowest BCUT2D eigenvalue weighted by molar-refractivity contribution is -0.116. The molecule has 0 bridgehead atoms. The summed E-state index contributed by atoms with van der Waals surface area (Å²) in [6, 6.07) is 9.43. The summed E-state index contributed by atoms with van der Waals surface area (Å²) in [4.78, 5) is 12.4. The second-order valence-electron chi connectivity index (χ2n) is 7.05. The standard InChI is InChI=1S/C19H25N3O5S3/c1-21(30(26,27)19-10-6-14-28-19)11-5-9-18(23)20-16-7-4-8-17(15-16)29(24,25)22-12-2-3-13-22/h4,6-8,10,14-15H,2-3,5,9,11-13H2,1H3,(H,20,23). The normalized spacial score (nSPS) is 15.5. The molecule has 1 aromatic heterocycles. The van der Waals surface area contributed by atoms with Crippen molar-refractivity contribution in [3.8, 4) is 0 Å². The second kappa shape index (κ2) is 9.56. The van der Waals surface area contributed by atoms with E-state index in [2.05, 4.69) is 5.32 Å². The number of amides is 1. The first-order chi connectivity index (χ1) is 14.2. The largest absolute Gasteiger partial charge is 0.326 e. The average Bonchev–Trinajstić information content (AvgIpc) is 3.42. The number of nitrogens with one attached hydrogen (secondary N) is 1. The van der Waals surface area contributed by atoms with Gasteiger partial charge >= 0.3 is 0 Å². The molecular weight excluding hydrogens is 446 g/mol. The molecule has 3 rings (SSSR count). The van der Waals surface area contributed by atoms with Crippen LogP contribution in [-0.4, -0.2) is 58.0 Å². The zero-order chi connectivity index (χ0) is 21.8. The molecule has 2 heterocycles. The first kappa shape index (κ1) is 22.9. The molecule has 0 atom stereocenters. The Morgan fingerprint density at radius 2 is 1.87 bits per heavy atom. The van der Waals surface area contributed by atoms with Crippen molar-refractivity contribution in [2.24, 2.45) is 0 Å². The smallest absolute Gasteiger partial charge is 0.252 e. The molecule has 8 nitrogen and oxygen atoms in total. The molecule has 1 aliphatic heterocycles. The molecule has 1 aromatic carbocycles. The number of anilines is 1. The van der Waals surface area contributed by atoms with Crippen LogP contribution in [0.3, 0.4) is 0 Å². The maximum absolute atomic E-state index is 12.7. The third-order valence-corrected chi connectivity index (χ3v) is 9.98. The minimum absolute atomic E-state index is 0.118. The van der Waals surface area contributed by atoms with Crippen LogP contribution < -0.4 is 5.32 Å². The SMILES string of the molecule is CN(CCCC(=O)Nc1cccc(S(=O)(=O)N2CCCC2)c1)S(=O)(=O)c1cccs1. The van der Waals surface area contributed by atoms with Crippen molar-refractivity contribution in [1.29, 1.82) is 0 Å². The molecule has 30 heavy (non-hydrogen) atoms. The summed E-state index contributed by atoms with van der Waals surface area (Å²) < 4.78 is 53.0. The highest BCUT2D eigenvalue weighted by Gasteiger charge is 2.27. The number of benzene rings is 1. The molecule has 0 aliphatic carbocycles. The van der Waals surface area contributed by atoms with Crippen LogP contribution in [0.15, 0.2) is 50.9 Å². The van der Waals surface area contributed by atoms with Gasteiger partial charge in [-0.05, 0) is 48.9 Å². The maximum atomic E-state index is 12.7. The lowest BCUT2D eigenvalue weighted by atomic mass is 10.2. The average molecular weight is 472 g/mol. The van der Waals surface area contributed by atoms with Crippen molar-refractivity contribution >= 4 is 43.0 Å². The highest BCUT2D eigenvalue weighted by Crippen LogP contribution is 2.23. The molecule has 1 amide bonds. The number of hydrogen-bond donors (Lipinski definition) is 1. The van der Waals surface area contributed by atoms with Gasteiger partial charge in [0.25, 0.3) is 10.0 Å². The number of carbonyl (C=O) groups is 1. The Hall–Kier alpha value is -1.79. The molecule has 0 spiro atoms. The van der Waals surface area contributed by atoms with Crippen molar-refractivity contribution in [1.82, 2.24) is 8.61 Å². The van der Waals surface area contributed by atoms with Crippen LogP contribution in [0.4, 0.5) is 5.69 Å². The highest BCUT2D eigenvalue weighted by atomic mass is 32.2. The Morgan fingerprint density at radius 3 is 2.53 bits per heavy atom. The Bertz CT molecular complexity index is 1080. The number of rotatable bonds is 9. The molecule has 1 N–H and O–H groups in total. The Balaban J connectivity index is 1.54. The van der Waals surface area contributed by atoms with Crippen LogP contribution in [-0.2, 0) is 24.8 Å². The van der Waals surface area contributed by atoms with Gasteiger partial charge in [-0.3, -0.25) is 4.79 Å². The van der Waals surface area contributed by atoms with E-state index in [1.807, 2.05) is 0 Å². The van der Waals surface area contributed by atoms with Crippen LogP contribution in [0.25, 0.3) is 0 Å². The van der Waals surface area contributed by atoms with E-state index in [0.717, 1.165) is 24.2 Å². The molecule has 11 heteroatoms. The lowest BCUT2D eigenvalue weighted by Crippen LogP contribution is -2.28. The number of carbonyl (C=O) groups excluding carboxylic acids is 1. The first-order valence-corrected chi connectivity index (χ1v) is 13.4. The summed E-state index contributed by atoms with van der Waals surface area (Å²) in [5, 5.41) is 4.40. The van der Waals surface area contributed by atoms with E-state index in [1.54, 1.807) is 29.6 Å². The minimum Gasteiger partial charge on any atom is -0.326 e. The summed E-state index contributed by atoms with van der Waals surface area (Å²) in [6.45, 7) is 1.23. The molecule has 1 aliphatic rings. The van der Waals surface area contributed by atoms with Gasteiger partial charge in [0, 0.05) is 38.8 Å². The van der Waals surface area contributed by atoms with Crippen molar-refractivity contribution in [2.45, 2.75) is 34.8 Å². The van der Waals surface area contributed by atoms with Crippen LogP contribution >= 0.6 is 11.3 Å². The topological polar surface area (TPSA) is 104 Å². The van der Waals surface area contributed by atoms with Gasteiger partial charge < -0.3 is 5.32 Å². The molecule has 0 saturated carbocycles. The van der Waals surface area contributed by atoms with Crippen molar-refractivity contribution in [3.05, 3.63) is 41.8 Å². The Kier molecular flexibility index (Phi) is 7.30. The molecule has 164 valence electrons. The predicted octanol–water partition coefficient (Wildman–Crippen LogP) is 2.57. The van der Waals surface area contributed by atoms with Crippen molar-refractivity contribution in [3.63, 3.8) is 0 Å². The van der Waals surface area contributed by atoms with Crippen molar-refractivity contribution < 1.29 is 21.6 Å². The first-order valence-electron chi connectivity index (χ1n) is 9.61.